The molecule has 0 aliphatic rings. The molecule has 2 aromatic rings. The van der Waals surface area contributed by atoms with Crippen molar-refractivity contribution >= 4 is 38.6 Å². The summed E-state index contributed by atoms with van der Waals surface area (Å²) in [6, 6.07) is 10.4. The van der Waals surface area contributed by atoms with Crippen molar-refractivity contribution in [3.8, 4) is 0 Å². The van der Waals surface area contributed by atoms with Crippen LogP contribution in [0.1, 0.15) is 24.3 Å². The molecule has 1 unspecified atom stereocenters. The summed E-state index contributed by atoms with van der Waals surface area (Å²) in [7, 11) is 0. The van der Waals surface area contributed by atoms with Crippen LogP contribution >= 0.6 is 27.3 Å². The molecule has 1 aromatic carbocycles. The average Bonchev–Trinajstić information content (AvgIpc) is 2.81. The first-order valence-corrected chi connectivity index (χ1v) is 7.23. The van der Waals surface area contributed by atoms with Gasteiger partial charge in [-0.25, -0.2) is 0 Å². The molecule has 17 heavy (non-hydrogen) atoms. The Labute approximate surface area is 114 Å². The first-order valence-electron chi connectivity index (χ1n) is 5.55. The zero-order valence-corrected chi connectivity index (χ0v) is 12.0. The van der Waals surface area contributed by atoms with Gasteiger partial charge in [0.05, 0.1) is 6.04 Å². The lowest BCUT2D eigenvalue weighted by Crippen LogP contribution is -2.08. The molecule has 90 valence electrons. The minimum atomic E-state index is 0.356. The maximum atomic E-state index is 5.73. The Kier molecular flexibility index (Phi) is 4.07. The first kappa shape index (κ1) is 12.5. The number of benzene rings is 1. The van der Waals surface area contributed by atoms with E-state index in [1.807, 2.05) is 18.2 Å². The number of rotatable bonds is 4. The Morgan fingerprint density at radius 2 is 2.24 bits per heavy atom. The summed E-state index contributed by atoms with van der Waals surface area (Å²) in [5.41, 5.74) is 7.58. The molecular formula is C13H15BrN2S. The SMILES string of the molecule is CCC(Nc1ccc(N)cc1Br)c1cccs1. The van der Waals surface area contributed by atoms with E-state index in [1.54, 1.807) is 11.3 Å². The van der Waals surface area contributed by atoms with Crippen molar-refractivity contribution in [2.24, 2.45) is 0 Å². The molecule has 4 heteroatoms. The van der Waals surface area contributed by atoms with Gasteiger partial charge in [0.1, 0.15) is 0 Å². The van der Waals surface area contributed by atoms with Gasteiger partial charge in [-0.1, -0.05) is 13.0 Å². The van der Waals surface area contributed by atoms with Crippen LogP contribution in [0.15, 0.2) is 40.2 Å². The summed E-state index contributed by atoms with van der Waals surface area (Å²) in [6.07, 6.45) is 1.05. The van der Waals surface area contributed by atoms with Crippen LogP contribution in [0.5, 0.6) is 0 Å². The van der Waals surface area contributed by atoms with Crippen LogP contribution in [0.2, 0.25) is 0 Å². The topological polar surface area (TPSA) is 38.0 Å². The molecule has 1 heterocycles. The Balaban J connectivity index is 2.19. The van der Waals surface area contributed by atoms with Crippen molar-refractivity contribution < 1.29 is 0 Å². The van der Waals surface area contributed by atoms with Gasteiger partial charge >= 0.3 is 0 Å². The number of nitrogen functional groups attached to an aromatic ring is 1. The fourth-order valence-electron chi connectivity index (χ4n) is 1.70. The second-order valence-corrected chi connectivity index (χ2v) is 5.69. The van der Waals surface area contributed by atoms with Gasteiger partial charge in [-0.15, -0.1) is 11.3 Å². The summed E-state index contributed by atoms with van der Waals surface area (Å²) < 4.78 is 1.01. The highest BCUT2D eigenvalue weighted by Crippen LogP contribution is 2.31. The Morgan fingerprint density at radius 3 is 2.82 bits per heavy atom. The van der Waals surface area contributed by atoms with Gasteiger partial charge in [-0.05, 0) is 52.0 Å². The minimum Gasteiger partial charge on any atom is -0.399 e. The second-order valence-electron chi connectivity index (χ2n) is 3.86. The summed E-state index contributed by atoms with van der Waals surface area (Å²) in [5.74, 6) is 0. The van der Waals surface area contributed by atoms with Crippen LogP contribution in [0.25, 0.3) is 0 Å². The molecule has 1 atom stereocenters. The van der Waals surface area contributed by atoms with E-state index in [1.165, 1.54) is 4.88 Å². The summed E-state index contributed by atoms with van der Waals surface area (Å²) >= 11 is 5.31. The molecule has 1 aromatic heterocycles. The Morgan fingerprint density at radius 1 is 1.41 bits per heavy atom. The van der Waals surface area contributed by atoms with E-state index >= 15 is 0 Å². The number of nitrogens with one attached hydrogen (secondary N) is 1. The van der Waals surface area contributed by atoms with Gasteiger partial charge in [0.2, 0.25) is 0 Å². The summed E-state index contributed by atoms with van der Waals surface area (Å²) in [4.78, 5) is 1.36. The number of hydrogen-bond donors (Lipinski definition) is 2. The number of anilines is 2. The molecule has 0 saturated carbocycles. The van der Waals surface area contributed by atoms with Crippen LogP contribution in [0.4, 0.5) is 11.4 Å². The zero-order valence-electron chi connectivity index (χ0n) is 9.61. The normalized spacial score (nSPS) is 12.4. The summed E-state index contributed by atoms with van der Waals surface area (Å²) in [6.45, 7) is 2.18. The highest BCUT2D eigenvalue weighted by atomic mass is 79.9. The molecule has 3 N–H and O–H groups in total. The number of nitrogens with two attached hydrogens (primary N) is 1. The molecule has 2 rings (SSSR count). The van der Waals surface area contributed by atoms with Gasteiger partial charge in [0.15, 0.2) is 0 Å². The maximum absolute atomic E-state index is 5.73. The second kappa shape index (κ2) is 5.56. The van der Waals surface area contributed by atoms with Gasteiger partial charge in [0.25, 0.3) is 0 Å². The third-order valence-corrected chi connectivity index (χ3v) is 4.26. The van der Waals surface area contributed by atoms with Crippen molar-refractivity contribution in [3.63, 3.8) is 0 Å². The zero-order chi connectivity index (χ0) is 12.3. The minimum absolute atomic E-state index is 0.356. The van der Waals surface area contributed by atoms with E-state index in [-0.39, 0.29) is 0 Å². The number of thiophene rings is 1. The highest BCUT2D eigenvalue weighted by Gasteiger charge is 2.11. The average molecular weight is 311 g/mol. The fraction of sp³-hybridized carbons (Fsp3) is 0.231. The Hall–Kier alpha value is -1.00. The molecule has 0 aliphatic carbocycles. The highest BCUT2D eigenvalue weighted by molar-refractivity contribution is 9.10. The van der Waals surface area contributed by atoms with Crippen LogP contribution in [-0.4, -0.2) is 0 Å². The standard InChI is InChI=1S/C13H15BrN2S/c1-2-11(13-4-3-7-17-13)16-12-6-5-9(15)8-10(12)14/h3-8,11,16H,2,15H2,1H3. The molecular weight excluding hydrogens is 296 g/mol. The van der Waals surface area contributed by atoms with Crippen molar-refractivity contribution in [2.75, 3.05) is 11.1 Å². The van der Waals surface area contributed by atoms with E-state index in [0.29, 0.717) is 6.04 Å². The van der Waals surface area contributed by atoms with Crippen LogP contribution in [0, 0.1) is 0 Å². The van der Waals surface area contributed by atoms with Crippen LogP contribution < -0.4 is 11.1 Å². The van der Waals surface area contributed by atoms with Gasteiger partial charge in [-0.3, -0.25) is 0 Å². The van der Waals surface area contributed by atoms with Crippen LogP contribution in [-0.2, 0) is 0 Å². The molecule has 0 saturated heterocycles. The number of hydrogen-bond acceptors (Lipinski definition) is 3. The van der Waals surface area contributed by atoms with Gasteiger partial charge in [-0.2, -0.15) is 0 Å². The number of halogens is 1. The van der Waals surface area contributed by atoms with Crippen LogP contribution in [0.3, 0.4) is 0 Å². The smallest absolute Gasteiger partial charge is 0.0604 e. The Bertz CT molecular complexity index is 482. The largest absolute Gasteiger partial charge is 0.399 e. The fourth-order valence-corrected chi connectivity index (χ4v) is 3.07. The summed E-state index contributed by atoms with van der Waals surface area (Å²) in [5, 5.41) is 5.64. The molecule has 0 amide bonds. The third-order valence-electron chi connectivity index (χ3n) is 2.62. The van der Waals surface area contributed by atoms with Crippen molar-refractivity contribution in [1.82, 2.24) is 0 Å². The van der Waals surface area contributed by atoms with Gasteiger partial charge in [0, 0.05) is 20.7 Å². The molecule has 0 fully saturated rings. The van der Waals surface area contributed by atoms with E-state index in [2.05, 4.69) is 45.7 Å². The maximum Gasteiger partial charge on any atom is 0.0604 e. The van der Waals surface area contributed by atoms with Crippen molar-refractivity contribution in [3.05, 3.63) is 45.1 Å². The van der Waals surface area contributed by atoms with Gasteiger partial charge < -0.3 is 11.1 Å². The molecule has 0 aliphatic heterocycles. The lowest BCUT2D eigenvalue weighted by Gasteiger charge is -2.18. The first-order chi connectivity index (χ1) is 8.20. The van der Waals surface area contributed by atoms with E-state index in [0.717, 1.165) is 22.3 Å². The lowest BCUT2D eigenvalue weighted by molar-refractivity contribution is 0.763. The molecule has 0 bridgehead atoms. The molecule has 2 nitrogen and oxygen atoms in total. The quantitative estimate of drug-likeness (QED) is 0.806. The monoisotopic (exact) mass is 310 g/mol. The predicted octanol–water partition coefficient (Wildman–Crippen LogP) is 4.66. The predicted molar refractivity (Wildman–Crippen MR) is 79.5 cm³/mol. The third kappa shape index (κ3) is 3.01. The molecule has 0 radical (unpaired) electrons. The van der Waals surface area contributed by atoms with E-state index in [9.17, 15) is 0 Å². The van der Waals surface area contributed by atoms with E-state index in [4.69, 9.17) is 5.73 Å². The molecule has 0 spiro atoms. The van der Waals surface area contributed by atoms with Crippen molar-refractivity contribution in [2.45, 2.75) is 19.4 Å². The lowest BCUT2D eigenvalue weighted by atomic mass is 10.1. The van der Waals surface area contributed by atoms with Crippen molar-refractivity contribution in [1.29, 1.82) is 0 Å². The van der Waals surface area contributed by atoms with E-state index < -0.39 is 0 Å².